The molecule has 1 aliphatic rings. The zero-order valence-electron chi connectivity index (χ0n) is 10.7. The largest absolute Gasteiger partial charge is 0.496 e. The number of hydrogen-bond donors (Lipinski definition) is 1. The Balaban J connectivity index is 2.13. The third-order valence-electron chi connectivity index (χ3n) is 3.36. The highest BCUT2D eigenvalue weighted by Gasteiger charge is 2.16. The van der Waals surface area contributed by atoms with Crippen molar-refractivity contribution < 1.29 is 4.74 Å². The molecule has 1 aliphatic heterocycles. The zero-order valence-corrected chi connectivity index (χ0v) is 11.5. The number of rotatable bonds is 4. The van der Waals surface area contributed by atoms with Crippen molar-refractivity contribution >= 4 is 11.8 Å². The molecule has 1 atom stereocenters. The number of benzene rings is 1. The van der Waals surface area contributed by atoms with Crippen LogP contribution >= 0.6 is 11.8 Å². The molecule has 1 aromatic carbocycles. The summed E-state index contributed by atoms with van der Waals surface area (Å²) in [5.74, 6) is 1.01. The fraction of sp³-hybridized carbons (Fsp3) is 0.571. The summed E-state index contributed by atoms with van der Waals surface area (Å²) < 4.78 is 5.42. The summed E-state index contributed by atoms with van der Waals surface area (Å²) in [4.78, 5) is 1.29. The molecule has 1 unspecified atom stereocenters. The van der Waals surface area contributed by atoms with Gasteiger partial charge in [-0.15, -0.1) is 11.8 Å². The van der Waals surface area contributed by atoms with Crippen molar-refractivity contribution in [3.8, 4) is 5.75 Å². The Morgan fingerprint density at radius 1 is 1.41 bits per heavy atom. The van der Waals surface area contributed by atoms with Gasteiger partial charge in [-0.25, -0.2) is 0 Å². The number of thioether (sulfide) groups is 1. The van der Waals surface area contributed by atoms with E-state index in [1.54, 1.807) is 18.9 Å². The lowest BCUT2D eigenvalue weighted by Crippen LogP contribution is -2.35. The van der Waals surface area contributed by atoms with Crippen molar-refractivity contribution in [2.75, 3.05) is 19.9 Å². The molecule has 0 amide bonds. The Labute approximate surface area is 108 Å². The molecule has 1 N–H and O–H groups in total. The molecule has 0 aromatic heterocycles. The van der Waals surface area contributed by atoms with Crippen LogP contribution in [0, 0.1) is 0 Å². The van der Waals surface area contributed by atoms with Crippen molar-refractivity contribution in [2.24, 2.45) is 0 Å². The second-order valence-electron chi connectivity index (χ2n) is 4.50. The highest BCUT2D eigenvalue weighted by Crippen LogP contribution is 2.32. The van der Waals surface area contributed by atoms with Gasteiger partial charge < -0.3 is 10.1 Å². The van der Waals surface area contributed by atoms with Gasteiger partial charge in [0.2, 0.25) is 0 Å². The van der Waals surface area contributed by atoms with E-state index < -0.39 is 0 Å². The number of ether oxygens (including phenoxy) is 1. The highest BCUT2D eigenvalue weighted by molar-refractivity contribution is 7.98. The predicted molar refractivity (Wildman–Crippen MR) is 74.1 cm³/mol. The van der Waals surface area contributed by atoms with Gasteiger partial charge in [-0.3, -0.25) is 0 Å². The van der Waals surface area contributed by atoms with Crippen molar-refractivity contribution in [3.05, 3.63) is 23.8 Å². The molecular weight excluding hydrogens is 230 g/mol. The first-order valence-corrected chi connectivity index (χ1v) is 7.51. The van der Waals surface area contributed by atoms with Crippen LogP contribution in [0.15, 0.2) is 23.1 Å². The maximum Gasteiger partial charge on any atom is 0.132 e. The van der Waals surface area contributed by atoms with Gasteiger partial charge in [0.15, 0.2) is 0 Å². The second-order valence-corrected chi connectivity index (χ2v) is 5.32. The molecule has 0 aliphatic carbocycles. The first kappa shape index (κ1) is 12.8. The van der Waals surface area contributed by atoms with E-state index >= 15 is 0 Å². The third-order valence-corrected chi connectivity index (χ3v) is 4.23. The Morgan fingerprint density at radius 3 is 2.94 bits per heavy atom. The van der Waals surface area contributed by atoms with Crippen LogP contribution in [0.25, 0.3) is 0 Å². The van der Waals surface area contributed by atoms with Gasteiger partial charge in [0, 0.05) is 6.04 Å². The molecule has 2 rings (SSSR count). The molecule has 0 bridgehead atoms. The molecule has 0 radical (unpaired) electrons. The van der Waals surface area contributed by atoms with E-state index in [1.807, 2.05) is 6.07 Å². The standard InChI is InChI=1S/C14H21NOS/c1-16-13-8-5-6-11(14(13)17-2)10-12-7-3-4-9-15-12/h5-6,8,12,15H,3-4,7,9-10H2,1-2H3. The number of hydrogen-bond acceptors (Lipinski definition) is 3. The maximum atomic E-state index is 5.42. The van der Waals surface area contributed by atoms with Gasteiger partial charge in [-0.2, -0.15) is 0 Å². The first-order chi connectivity index (χ1) is 8.35. The van der Waals surface area contributed by atoms with E-state index in [4.69, 9.17) is 4.74 Å². The number of nitrogens with one attached hydrogen (secondary N) is 1. The molecular formula is C14H21NOS. The summed E-state index contributed by atoms with van der Waals surface area (Å²) in [5, 5.41) is 3.61. The van der Waals surface area contributed by atoms with Crippen LogP contribution in [0.2, 0.25) is 0 Å². The SMILES string of the molecule is COc1cccc(CC2CCCCN2)c1SC. The van der Waals surface area contributed by atoms with E-state index in [9.17, 15) is 0 Å². The van der Waals surface area contributed by atoms with Gasteiger partial charge in [0.25, 0.3) is 0 Å². The first-order valence-electron chi connectivity index (χ1n) is 6.28. The molecule has 17 heavy (non-hydrogen) atoms. The third kappa shape index (κ3) is 3.17. The minimum absolute atomic E-state index is 0.641. The predicted octanol–water partition coefficient (Wildman–Crippen LogP) is 3.10. The van der Waals surface area contributed by atoms with E-state index in [2.05, 4.69) is 23.7 Å². The summed E-state index contributed by atoms with van der Waals surface area (Å²) in [7, 11) is 1.75. The van der Waals surface area contributed by atoms with Crippen LogP contribution in [0.4, 0.5) is 0 Å². The molecule has 2 nitrogen and oxygen atoms in total. The Morgan fingerprint density at radius 2 is 2.29 bits per heavy atom. The Kier molecular flexibility index (Phi) is 4.75. The van der Waals surface area contributed by atoms with Gasteiger partial charge in [0.1, 0.15) is 5.75 Å². The lowest BCUT2D eigenvalue weighted by atomic mass is 9.97. The zero-order chi connectivity index (χ0) is 12.1. The molecule has 1 fully saturated rings. The van der Waals surface area contributed by atoms with Crippen LogP contribution in [0.3, 0.4) is 0 Å². The monoisotopic (exact) mass is 251 g/mol. The van der Waals surface area contributed by atoms with Crippen LogP contribution in [-0.2, 0) is 6.42 Å². The maximum absolute atomic E-state index is 5.42. The van der Waals surface area contributed by atoms with Crippen molar-refractivity contribution in [1.82, 2.24) is 5.32 Å². The van der Waals surface area contributed by atoms with Crippen LogP contribution < -0.4 is 10.1 Å². The van der Waals surface area contributed by atoms with Crippen molar-refractivity contribution in [2.45, 2.75) is 36.6 Å². The van der Waals surface area contributed by atoms with Crippen LogP contribution in [-0.4, -0.2) is 26.0 Å². The molecule has 94 valence electrons. The van der Waals surface area contributed by atoms with E-state index in [-0.39, 0.29) is 0 Å². The normalized spacial score (nSPS) is 20.2. The minimum atomic E-state index is 0.641. The quantitative estimate of drug-likeness (QED) is 0.831. The lowest BCUT2D eigenvalue weighted by molar-refractivity contribution is 0.390. The summed E-state index contributed by atoms with van der Waals surface area (Å²) in [6, 6.07) is 7.01. The van der Waals surface area contributed by atoms with E-state index in [1.165, 1.54) is 36.3 Å². The summed E-state index contributed by atoms with van der Waals surface area (Å²) in [6.07, 6.45) is 7.22. The second kappa shape index (κ2) is 6.31. The Bertz CT molecular complexity index is 361. The summed E-state index contributed by atoms with van der Waals surface area (Å²) >= 11 is 1.78. The Hall–Kier alpha value is -0.670. The summed E-state index contributed by atoms with van der Waals surface area (Å²) in [6.45, 7) is 1.17. The number of piperidine rings is 1. The molecule has 1 heterocycles. The van der Waals surface area contributed by atoms with E-state index in [0.717, 1.165) is 12.2 Å². The number of methoxy groups -OCH3 is 1. The highest BCUT2D eigenvalue weighted by atomic mass is 32.2. The lowest BCUT2D eigenvalue weighted by Gasteiger charge is -2.24. The average Bonchev–Trinajstić information content (AvgIpc) is 2.39. The van der Waals surface area contributed by atoms with Gasteiger partial charge in [-0.1, -0.05) is 18.6 Å². The van der Waals surface area contributed by atoms with Gasteiger partial charge >= 0.3 is 0 Å². The minimum Gasteiger partial charge on any atom is -0.496 e. The van der Waals surface area contributed by atoms with Crippen LogP contribution in [0.5, 0.6) is 5.75 Å². The fourth-order valence-electron chi connectivity index (χ4n) is 2.48. The molecule has 3 heteroatoms. The molecule has 0 saturated carbocycles. The van der Waals surface area contributed by atoms with Gasteiger partial charge in [-0.05, 0) is 43.7 Å². The topological polar surface area (TPSA) is 21.3 Å². The summed E-state index contributed by atoms with van der Waals surface area (Å²) in [5.41, 5.74) is 1.41. The fourth-order valence-corrected chi connectivity index (χ4v) is 3.24. The molecule has 1 saturated heterocycles. The van der Waals surface area contributed by atoms with Crippen LogP contribution in [0.1, 0.15) is 24.8 Å². The molecule has 1 aromatic rings. The molecule has 0 spiro atoms. The van der Waals surface area contributed by atoms with Gasteiger partial charge in [0.05, 0.1) is 12.0 Å². The van der Waals surface area contributed by atoms with Crippen molar-refractivity contribution in [3.63, 3.8) is 0 Å². The van der Waals surface area contributed by atoms with Crippen molar-refractivity contribution in [1.29, 1.82) is 0 Å². The average molecular weight is 251 g/mol. The van der Waals surface area contributed by atoms with E-state index in [0.29, 0.717) is 6.04 Å². The smallest absolute Gasteiger partial charge is 0.132 e.